The van der Waals surface area contributed by atoms with Crippen LogP contribution in [-0.2, 0) is 14.3 Å². The van der Waals surface area contributed by atoms with E-state index in [1.54, 1.807) is 4.90 Å². The van der Waals surface area contributed by atoms with E-state index in [9.17, 15) is 9.59 Å². The summed E-state index contributed by atoms with van der Waals surface area (Å²) in [5.74, 6) is -0.0908. The molecule has 1 N–H and O–H groups in total. The second-order valence-corrected chi connectivity index (χ2v) is 4.82. The largest absolute Gasteiger partial charge is 0.352 e. The lowest BCUT2D eigenvalue weighted by atomic mass is 10.1. The molecule has 0 aromatic heterocycles. The standard InChI is InChI=1S/C14H16N2O3/c17-12-7-6-11(15-12)13(18)16-8-9-19-14(16)10-4-2-1-3-5-10/h1-5,11,14H,6-9H2,(H,15,17). The fourth-order valence-electron chi connectivity index (χ4n) is 2.59. The van der Waals surface area contributed by atoms with Gasteiger partial charge in [-0.1, -0.05) is 30.3 Å². The van der Waals surface area contributed by atoms with Gasteiger partial charge in [0.2, 0.25) is 11.8 Å². The first-order valence-corrected chi connectivity index (χ1v) is 6.52. The molecule has 1 aromatic rings. The second-order valence-electron chi connectivity index (χ2n) is 4.82. The molecule has 2 fully saturated rings. The van der Waals surface area contributed by atoms with Crippen molar-refractivity contribution < 1.29 is 14.3 Å². The molecule has 1 aromatic carbocycles. The van der Waals surface area contributed by atoms with Crippen LogP contribution in [0.3, 0.4) is 0 Å². The molecule has 100 valence electrons. The van der Waals surface area contributed by atoms with Gasteiger partial charge in [0, 0.05) is 18.5 Å². The molecule has 2 amide bonds. The molecule has 19 heavy (non-hydrogen) atoms. The second kappa shape index (κ2) is 5.01. The molecule has 2 saturated heterocycles. The first-order chi connectivity index (χ1) is 9.25. The molecule has 0 bridgehead atoms. The fourth-order valence-corrected chi connectivity index (χ4v) is 2.59. The number of carbonyl (C=O) groups is 2. The van der Waals surface area contributed by atoms with Crippen molar-refractivity contribution in [3.05, 3.63) is 35.9 Å². The van der Waals surface area contributed by atoms with Crippen molar-refractivity contribution in [2.75, 3.05) is 13.2 Å². The molecule has 0 saturated carbocycles. The summed E-state index contributed by atoms with van der Waals surface area (Å²) in [7, 11) is 0. The van der Waals surface area contributed by atoms with Gasteiger partial charge in [-0.3, -0.25) is 9.59 Å². The van der Waals surface area contributed by atoms with Gasteiger partial charge in [0.05, 0.1) is 6.61 Å². The molecule has 2 unspecified atom stereocenters. The zero-order chi connectivity index (χ0) is 13.2. The molecule has 2 heterocycles. The van der Waals surface area contributed by atoms with Gasteiger partial charge < -0.3 is 15.0 Å². The first kappa shape index (κ1) is 12.2. The molecular weight excluding hydrogens is 244 g/mol. The lowest BCUT2D eigenvalue weighted by Crippen LogP contribution is -2.44. The smallest absolute Gasteiger partial charge is 0.247 e. The van der Waals surface area contributed by atoms with E-state index in [1.807, 2.05) is 30.3 Å². The van der Waals surface area contributed by atoms with Crippen LogP contribution in [0.15, 0.2) is 30.3 Å². The van der Waals surface area contributed by atoms with Crippen molar-refractivity contribution in [1.82, 2.24) is 10.2 Å². The molecule has 2 atom stereocenters. The molecule has 3 rings (SSSR count). The zero-order valence-electron chi connectivity index (χ0n) is 10.5. The average Bonchev–Trinajstić information content (AvgIpc) is 3.07. The Balaban J connectivity index is 1.76. The topological polar surface area (TPSA) is 58.6 Å². The number of nitrogens with one attached hydrogen (secondary N) is 1. The molecule has 0 aliphatic carbocycles. The highest BCUT2D eigenvalue weighted by Crippen LogP contribution is 2.28. The SMILES string of the molecule is O=C1CCC(C(=O)N2CCOC2c2ccccc2)N1. The van der Waals surface area contributed by atoms with Crippen molar-refractivity contribution >= 4 is 11.8 Å². The molecule has 2 aliphatic heterocycles. The van der Waals surface area contributed by atoms with E-state index in [-0.39, 0.29) is 24.1 Å². The maximum atomic E-state index is 12.4. The number of nitrogens with zero attached hydrogens (tertiary/aromatic N) is 1. The van der Waals surface area contributed by atoms with Crippen molar-refractivity contribution in [2.24, 2.45) is 0 Å². The van der Waals surface area contributed by atoms with E-state index in [0.717, 1.165) is 5.56 Å². The van der Waals surface area contributed by atoms with Crippen molar-refractivity contribution in [1.29, 1.82) is 0 Å². The Morgan fingerprint density at radius 3 is 2.79 bits per heavy atom. The van der Waals surface area contributed by atoms with Crippen LogP contribution in [0.5, 0.6) is 0 Å². The van der Waals surface area contributed by atoms with Crippen LogP contribution in [0.4, 0.5) is 0 Å². The van der Waals surface area contributed by atoms with Gasteiger partial charge in [-0.15, -0.1) is 0 Å². The monoisotopic (exact) mass is 260 g/mol. The Morgan fingerprint density at radius 1 is 1.32 bits per heavy atom. The van der Waals surface area contributed by atoms with E-state index in [0.29, 0.717) is 26.0 Å². The number of rotatable bonds is 2. The minimum Gasteiger partial charge on any atom is -0.352 e. The fraction of sp³-hybridized carbons (Fsp3) is 0.429. The predicted molar refractivity (Wildman–Crippen MR) is 68.0 cm³/mol. The highest BCUT2D eigenvalue weighted by atomic mass is 16.5. The number of hydrogen-bond acceptors (Lipinski definition) is 3. The van der Waals surface area contributed by atoms with E-state index in [1.165, 1.54) is 0 Å². The summed E-state index contributed by atoms with van der Waals surface area (Å²) < 4.78 is 5.65. The third-order valence-electron chi connectivity index (χ3n) is 3.55. The quantitative estimate of drug-likeness (QED) is 0.856. The van der Waals surface area contributed by atoms with Crippen LogP contribution in [0.1, 0.15) is 24.6 Å². The van der Waals surface area contributed by atoms with Crippen LogP contribution in [0.2, 0.25) is 0 Å². The maximum Gasteiger partial charge on any atom is 0.247 e. The number of hydrogen-bond donors (Lipinski definition) is 1. The summed E-state index contributed by atoms with van der Waals surface area (Å²) in [6.07, 6.45) is 0.683. The van der Waals surface area contributed by atoms with Gasteiger partial charge >= 0.3 is 0 Å². The van der Waals surface area contributed by atoms with Crippen LogP contribution < -0.4 is 5.32 Å². The first-order valence-electron chi connectivity index (χ1n) is 6.52. The van der Waals surface area contributed by atoms with Crippen molar-refractivity contribution in [3.8, 4) is 0 Å². The number of ether oxygens (including phenoxy) is 1. The molecule has 0 radical (unpaired) electrons. The minimum absolute atomic E-state index is 0.0443. The van der Waals surface area contributed by atoms with Gasteiger partial charge in [0.15, 0.2) is 6.23 Å². The molecule has 0 spiro atoms. The van der Waals surface area contributed by atoms with Gasteiger partial charge in [-0.2, -0.15) is 0 Å². The van der Waals surface area contributed by atoms with E-state index >= 15 is 0 Å². The van der Waals surface area contributed by atoms with Gasteiger partial charge in [0.25, 0.3) is 0 Å². The van der Waals surface area contributed by atoms with E-state index < -0.39 is 0 Å². The molecule has 5 heteroatoms. The number of benzene rings is 1. The Kier molecular flexibility index (Phi) is 3.21. The summed E-state index contributed by atoms with van der Waals surface area (Å²) in [6, 6.07) is 9.29. The van der Waals surface area contributed by atoms with Crippen LogP contribution in [0.25, 0.3) is 0 Å². The Labute approximate surface area is 111 Å². The Morgan fingerprint density at radius 2 is 2.11 bits per heavy atom. The molecular formula is C14H16N2O3. The summed E-state index contributed by atoms with van der Waals surface area (Å²) in [5, 5.41) is 2.72. The highest BCUT2D eigenvalue weighted by Gasteiger charge is 2.37. The van der Waals surface area contributed by atoms with Crippen LogP contribution in [0, 0.1) is 0 Å². The van der Waals surface area contributed by atoms with Crippen LogP contribution in [-0.4, -0.2) is 35.9 Å². The molecule has 5 nitrogen and oxygen atoms in total. The lowest BCUT2D eigenvalue weighted by Gasteiger charge is -2.26. The molecule has 2 aliphatic rings. The van der Waals surface area contributed by atoms with Crippen molar-refractivity contribution in [2.45, 2.75) is 25.1 Å². The lowest BCUT2D eigenvalue weighted by molar-refractivity contribution is -0.139. The summed E-state index contributed by atoms with van der Waals surface area (Å²) in [6.45, 7) is 1.11. The van der Waals surface area contributed by atoms with Gasteiger partial charge in [-0.05, 0) is 6.42 Å². The average molecular weight is 260 g/mol. The maximum absolute atomic E-state index is 12.4. The third-order valence-corrected chi connectivity index (χ3v) is 3.55. The normalized spacial score (nSPS) is 26.5. The number of amides is 2. The minimum atomic E-state index is -0.389. The van der Waals surface area contributed by atoms with Crippen molar-refractivity contribution in [3.63, 3.8) is 0 Å². The highest BCUT2D eigenvalue weighted by molar-refractivity contribution is 5.91. The van der Waals surface area contributed by atoms with Gasteiger partial charge in [-0.25, -0.2) is 0 Å². The van der Waals surface area contributed by atoms with Gasteiger partial charge in [0.1, 0.15) is 6.04 Å². The third kappa shape index (κ3) is 2.33. The van der Waals surface area contributed by atoms with E-state index in [4.69, 9.17) is 4.74 Å². The zero-order valence-corrected chi connectivity index (χ0v) is 10.5. The number of carbonyl (C=O) groups excluding carboxylic acids is 2. The van der Waals surface area contributed by atoms with Crippen LogP contribution >= 0.6 is 0 Å². The predicted octanol–water partition coefficient (Wildman–Crippen LogP) is 0.823. The Bertz CT molecular complexity index is 489. The summed E-state index contributed by atoms with van der Waals surface area (Å²) >= 11 is 0. The Hall–Kier alpha value is -1.88. The van der Waals surface area contributed by atoms with E-state index in [2.05, 4.69) is 5.32 Å². The summed E-state index contributed by atoms with van der Waals surface area (Å²) in [5.41, 5.74) is 0.970. The summed E-state index contributed by atoms with van der Waals surface area (Å²) in [4.78, 5) is 25.3.